The van der Waals surface area contributed by atoms with Crippen molar-refractivity contribution in [3.05, 3.63) is 34.9 Å². The normalized spacial score (nSPS) is 14.8. The molecule has 0 spiro atoms. The number of hydrogen-bond donors (Lipinski definition) is 1. The quantitative estimate of drug-likeness (QED) is 0.771. The van der Waals surface area contributed by atoms with E-state index in [1.807, 2.05) is 36.9 Å². The Hall–Kier alpha value is -0.180. The molecule has 0 saturated heterocycles. The molecule has 2 atom stereocenters. The lowest BCUT2D eigenvalue weighted by atomic mass is 10.1. The molecular weight excluding hydrogens is 238 g/mol. The van der Waals surface area contributed by atoms with Gasteiger partial charge in [0.15, 0.2) is 0 Å². The maximum Gasteiger partial charge on any atom is 0.0460 e. The molecule has 0 aliphatic rings. The average molecular weight is 258 g/mol. The zero-order valence-electron chi connectivity index (χ0n) is 9.95. The fourth-order valence-electron chi connectivity index (χ4n) is 1.59. The van der Waals surface area contributed by atoms with Crippen LogP contribution in [0.15, 0.2) is 24.3 Å². The lowest BCUT2D eigenvalue weighted by Gasteiger charge is -2.21. The van der Waals surface area contributed by atoms with Crippen LogP contribution < -0.4 is 5.73 Å². The summed E-state index contributed by atoms with van der Waals surface area (Å²) in [5, 5.41) is 1.13. The van der Waals surface area contributed by atoms with Crippen molar-refractivity contribution in [1.29, 1.82) is 0 Å². The third-order valence-corrected chi connectivity index (χ3v) is 4.40. The van der Waals surface area contributed by atoms with E-state index in [4.69, 9.17) is 17.3 Å². The van der Waals surface area contributed by atoms with E-state index in [-0.39, 0.29) is 6.04 Å². The van der Waals surface area contributed by atoms with E-state index in [1.165, 1.54) is 18.4 Å². The number of nitrogens with two attached hydrogens (primary N) is 1. The maximum absolute atomic E-state index is 6.21. The molecule has 2 unspecified atom stereocenters. The summed E-state index contributed by atoms with van der Waals surface area (Å²) in [4.78, 5) is 0. The number of unbranched alkanes of at least 4 members (excludes halogenated alkanes) is 1. The van der Waals surface area contributed by atoms with Crippen molar-refractivity contribution in [2.24, 2.45) is 5.73 Å². The van der Waals surface area contributed by atoms with E-state index in [0.717, 1.165) is 10.8 Å². The fraction of sp³-hybridized carbons (Fsp3) is 0.538. The zero-order valence-corrected chi connectivity index (χ0v) is 11.5. The molecule has 16 heavy (non-hydrogen) atoms. The molecule has 0 bridgehead atoms. The summed E-state index contributed by atoms with van der Waals surface area (Å²) in [5.41, 5.74) is 7.21. The molecule has 0 aromatic heterocycles. The molecule has 1 rings (SSSR count). The van der Waals surface area contributed by atoms with Crippen molar-refractivity contribution < 1.29 is 0 Å². The molecule has 1 aromatic rings. The third-order valence-electron chi connectivity index (χ3n) is 2.48. The average Bonchev–Trinajstić information content (AvgIpc) is 2.25. The minimum atomic E-state index is 0.127. The summed E-state index contributed by atoms with van der Waals surface area (Å²) >= 11 is 8.12. The molecule has 0 heterocycles. The van der Waals surface area contributed by atoms with Gasteiger partial charge in [0.05, 0.1) is 0 Å². The second kappa shape index (κ2) is 7.21. The molecule has 0 saturated carbocycles. The van der Waals surface area contributed by atoms with E-state index in [2.05, 4.69) is 13.0 Å². The van der Waals surface area contributed by atoms with Gasteiger partial charge in [0, 0.05) is 16.3 Å². The van der Waals surface area contributed by atoms with Crippen molar-refractivity contribution in [2.45, 2.75) is 38.0 Å². The first-order chi connectivity index (χ1) is 7.66. The van der Waals surface area contributed by atoms with E-state index in [0.29, 0.717) is 5.25 Å². The van der Waals surface area contributed by atoms with E-state index in [1.54, 1.807) is 0 Å². The molecule has 3 heteroatoms. The zero-order chi connectivity index (χ0) is 12.0. The van der Waals surface area contributed by atoms with Crippen LogP contribution in [0.3, 0.4) is 0 Å². The Balaban J connectivity index is 2.74. The number of benzene rings is 1. The van der Waals surface area contributed by atoms with Gasteiger partial charge >= 0.3 is 0 Å². The Morgan fingerprint density at radius 2 is 2.06 bits per heavy atom. The highest BCUT2D eigenvalue weighted by atomic mass is 35.5. The summed E-state index contributed by atoms with van der Waals surface area (Å²) in [6.45, 7) is 4.25. The van der Waals surface area contributed by atoms with Gasteiger partial charge in [0.1, 0.15) is 0 Å². The van der Waals surface area contributed by atoms with Crippen LogP contribution >= 0.6 is 23.4 Å². The number of hydrogen-bond acceptors (Lipinski definition) is 2. The number of halogens is 1. The van der Waals surface area contributed by atoms with Crippen LogP contribution in [-0.2, 0) is 0 Å². The predicted molar refractivity (Wildman–Crippen MR) is 75.2 cm³/mol. The Bertz CT molecular complexity index is 315. The molecule has 1 nitrogen and oxygen atoms in total. The molecule has 0 amide bonds. The number of thioether (sulfide) groups is 1. The van der Waals surface area contributed by atoms with Gasteiger partial charge in [-0.05, 0) is 30.7 Å². The van der Waals surface area contributed by atoms with Crippen LogP contribution in [0.1, 0.15) is 37.5 Å². The standard InChI is InChI=1S/C13H20ClNS/c1-3-4-9-16-13(10(2)15)11-7-5-6-8-12(11)14/h5-8,10,13H,3-4,9,15H2,1-2H3. The summed E-state index contributed by atoms with van der Waals surface area (Å²) in [6, 6.07) is 8.13. The monoisotopic (exact) mass is 257 g/mol. The first-order valence-electron chi connectivity index (χ1n) is 5.78. The van der Waals surface area contributed by atoms with Gasteiger partial charge in [-0.15, -0.1) is 0 Å². The topological polar surface area (TPSA) is 26.0 Å². The molecule has 0 aliphatic carbocycles. The van der Waals surface area contributed by atoms with Gasteiger partial charge in [0.25, 0.3) is 0 Å². The summed E-state index contributed by atoms with van der Waals surface area (Å²) in [6.07, 6.45) is 2.46. The second-order valence-electron chi connectivity index (χ2n) is 4.03. The largest absolute Gasteiger partial charge is 0.327 e. The molecule has 2 N–H and O–H groups in total. The van der Waals surface area contributed by atoms with Gasteiger partial charge in [-0.3, -0.25) is 0 Å². The highest BCUT2D eigenvalue weighted by molar-refractivity contribution is 7.99. The van der Waals surface area contributed by atoms with Crippen molar-refractivity contribution in [3.8, 4) is 0 Å². The van der Waals surface area contributed by atoms with Crippen molar-refractivity contribution in [1.82, 2.24) is 0 Å². The maximum atomic E-state index is 6.21. The van der Waals surface area contributed by atoms with Crippen LogP contribution in [0.5, 0.6) is 0 Å². The first-order valence-corrected chi connectivity index (χ1v) is 7.21. The Morgan fingerprint density at radius 1 is 1.38 bits per heavy atom. The van der Waals surface area contributed by atoms with E-state index >= 15 is 0 Å². The molecule has 90 valence electrons. The third kappa shape index (κ3) is 4.00. The number of rotatable bonds is 6. The fourth-order valence-corrected chi connectivity index (χ4v) is 3.30. The molecule has 0 aliphatic heterocycles. The smallest absolute Gasteiger partial charge is 0.0460 e. The SMILES string of the molecule is CCCCSC(c1ccccc1Cl)C(C)N. The highest BCUT2D eigenvalue weighted by Gasteiger charge is 2.18. The van der Waals surface area contributed by atoms with Gasteiger partial charge in [-0.1, -0.05) is 43.1 Å². The molecule has 1 aromatic carbocycles. The summed E-state index contributed by atoms with van der Waals surface area (Å²) in [7, 11) is 0. The summed E-state index contributed by atoms with van der Waals surface area (Å²) in [5.74, 6) is 1.15. The second-order valence-corrected chi connectivity index (χ2v) is 5.68. The van der Waals surface area contributed by atoms with Crippen LogP contribution in [0.4, 0.5) is 0 Å². The van der Waals surface area contributed by atoms with Crippen LogP contribution in [-0.4, -0.2) is 11.8 Å². The van der Waals surface area contributed by atoms with E-state index in [9.17, 15) is 0 Å². The van der Waals surface area contributed by atoms with Gasteiger partial charge in [0.2, 0.25) is 0 Å². The predicted octanol–water partition coefficient (Wildman–Crippen LogP) is 4.26. The minimum Gasteiger partial charge on any atom is -0.327 e. The first kappa shape index (κ1) is 13.9. The van der Waals surface area contributed by atoms with Crippen molar-refractivity contribution >= 4 is 23.4 Å². The lowest BCUT2D eigenvalue weighted by molar-refractivity contribution is 0.719. The van der Waals surface area contributed by atoms with Crippen molar-refractivity contribution in [2.75, 3.05) is 5.75 Å². The van der Waals surface area contributed by atoms with E-state index < -0.39 is 0 Å². The van der Waals surface area contributed by atoms with Crippen molar-refractivity contribution in [3.63, 3.8) is 0 Å². The lowest BCUT2D eigenvalue weighted by Crippen LogP contribution is -2.23. The van der Waals surface area contributed by atoms with Gasteiger partial charge in [-0.2, -0.15) is 11.8 Å². The molecule has 0 radical (unpaired) electrons. The summed E-state index contributed by atoms with van der Waals surface area (Å²) < 4.78 is 0. The molecule has 0 fully saturated rings. The Kier molecular flexibility index (Phi) is 6.25. The van der Waals surface area contributed by atoms with Crippen LogP contribution in [0.25, 0.3) is 0 Å². The Morgan fingerprint density at radius 3 is 2.62 bits per heavy atom. The van der Waals surface area contributed by atoms with Gasteiger partial charge < -0.3 is 5.73 Å². The Labute approximate surface area is 108 Å². The van der Waals surface area contributed by atoms with Crippen LogP contribution in [0.2, 0.25) is 5.02 Å². The minimum absolute atomic E-state index is 0.127. The highest BCUT2D eigenvalue weighted by Crippen LogP contribution is 2.35. The molecular formula is C13H20ClNS. The van der Waals surface area contributed by atoms with Gasteiger partial charge in [-0.25, -0.2) is 0 Å². The van der Waals surface area contributed by atoms with Crippen LogP contribution in [0, 0.1) is 0 Å².